The molecule has 2 rings (SSSR count). The number of primary amides is 2. The number of carbonyl (C=O) groups is 2. The van der Waals surface area contributed by atoms with Gasteiger partial charge in [-0.25, -0.2) is 0 Å². The molecule has 4 N–H and O–H groups in total. The fraction of sp³-hybridized carbons (Fsp3) is 0. The third-order valence-electron chi connectivity index (χ3n) is 2.66. The van der Waals surface area contributed by atoms with Crippen LogP contribution in [0.5, 0.6) is 0 Å². The summed E-state index contributed by atoms with van der Waals surface area (Å²) in [5.74, 6) is -1.17. The lowest BCUT2D eigenvalue weighted by Gasteiger charge is -2.11. The monoisotopic (exact) mass is 240 g/mol. The zero-order valence-electron chi connectivity index (χ0n) is 9.59. The molecule has 0 spiro atoms. The Morgan fingerprint density at radius 1 is 0.722 bits per heavy atom. The maximum absolute atomic E-state index is 11.4. The molecule has 0 radical (unpaired) electrons. The van der Waals surface area contributed by atoms with E-state index in [1.54, 1.807) is 30.3 Å². The molecule has 4 nitrogen and oxygen atoms in total. The van der Waals surface area contributed by atoms with Crippen molar-refractivity contribution in [3.63, 3.8) is 0 Å². The van der Waals surface area contributed by atoms with Crippen LogP contribution in [0.4, 0.5) is 0 Å². The van der Waals surface area contributed by atoms with Gasteiger partial charge in [-0.15, -0.1) is 0 Å². The summed E-state index contributed by atoms with van der Waals surface area (Å²) in [6, 6.07) is 13.8. The van der Waals surface area contributed by atoms with Crippen molar-refractivity contribution in [2.24, 2.45) is 11.5 Å². The normalized spacial score (nSPS) is 10.0. The van der Waals surface area contributed by atoms with Gasteiger partial charge in [0.1, 0.15) is 0 Å². The Labute approximate surface area is 104 Å². The molecule has 0 atom stereocenters. The molecule has 0 bridgehead atoms. The Bertz CT molecular complexity index is 574. The van der Waals surface area contributed by atoms with E-state index in [0.717, 1.165) is 5.56 Å². The van der Waals surface area contributed by atoms with Crippen molar-refractivity contribution in [3.8, 4) is 11.1 Å². The van der Waals surface area contributed by atoms with Crippen LogP contribution in [0.3, 0.4) is 0 Å². The Morgan fingerprint density at radius 3 is 1.67 bits per heavy atom. The second kappa shape index (κ2) is 4.71. The third-order valence-corrected chi connectivity index (χ3v) is 2.66. The van der Waals surface area contributed by atoms with Crippen LogP contribution < -0.4 is 11.5 Å². The maximum Gasteiger partial charge on any atom is 0.249 e. The lowest BCUT2D eigenvalue weighted by atomic mass is 9.93. The lowest BCUT2D eigenvalue weighted by molar-refractivity contribution is 0.0999. The molecule has 0 unspecified atom stereocenters. The first-order valence-electron chi connectivity index (χ1n) is 5.39. The molecule has 0 aromatic heterocycles. The van der Waals surface area contributed by atoms with E-state index in [-0.39, 0.29) is 11.1 Å². The quantitative estimate of drug-likeness (QED) is 0.852. The van der Waals surface area contributed by atoms with E-state index < -0.39 is 11.8 Å². The molecule has 18 heavy (non-hydrogen) atoms. The molecule has 2 amide bonds. The predicted molar refractivity (Wildman–Crippen MR) is 68.9 cm³/mol. The Morgan fingerprint density at radius 2 is 1.22 bits per heavy atom. The minimum atomic E-state index is -0.586. The van der Waals surface area contributed by atoms with Gasteiger partial charge in [0.05, 0.1) is 0 Å². The van der Waals surface area contributed by atoms with E-state index in [4.69, 9.17) is 11.5 Å². The number of amides is 2. The topological polar surface area (TPSA) is 86.2 Å². The second-order valence-electron chi connectivity index (χ2n) is 3.82. The van der Waals surface area contributed by atoms with E-state index in [1.807, 2.05) is 18.2 Å². The van der Waals surface area contributed by atoms with Crippen LogP contribution >= 0.6 is 0 Å². The van der Waals surface area contributed by atoms with Gasteiger partial charge in [0, 0.05) is 16.7 Å². The van der Waals surface area contributed by atoms with E-state index in [1.165, 1.54) is 0 Å². The van der Waals surface area contributed by atoms with Crippen molar-refractivity contribution in [3.05, 3.63) is 59.7 Å². The highest BCUT2D eigenvalue weighted by Gasteiger charge is 2.16. The molecule has 4 heteroatoms. The van der Waals surface area contributed by atoms with Crippen molar-refractivity contribution in [1.29, 1.82) is 0 Å². The fourth-order valence-corrected chi connectivity index (χ4v) is 1.88. The third kappa shape index (κ3) is 2.08. The number of benzene rings is 2. The SMILES string of the molecule is NC(=O)c1cccc(C(N)=O)c1-c1ccccc1. The van der Waals surface area contributed by atoms with Crippen molar-refractivity contribution < 1.29 is 9.59 Å². The van der Waals surface area contributed by atoms with E-state index in [9.17, 15) is 9.59 Å². The van der Waals surface area contributed by atoms with Gasteiger partial charge in [-0.05, 0) is 17.7 Å². The van der Waals surface area contributed by atoms with Gasteiger partial charge in [-0.2, -0.15) is 0 Å². The number of hydrogen-bond acceptors (Lipinski definition) is 2. The van der Waals surface area contributed by atoms with Crippen molar-refractivity contribution >= 4 is 11.8 Å². The first kappa shape index (κ1) is 11.9. The van der Waals surface area contributed by atoms with Crippen LogP contribution in [0.2, 0.25) is 0 Å². The number of nitrogens with two attached hydrogens (primary N) is 2. The van der Waals surface area contributed by atoms with Crippen molar-refractivity contribution in [2.45, 2.75) is 0 Å². The maximum atomic E-state index is 11.4. The molecule has 2 aromatic carbocycles. The Kier molecular flexibility index (Phi) is 3.10. The minimum Gasteiger partial charge on any atom is -0.366 e. The molecule has 0 aliphatic heterocycles. The molecule has 90 valence electrons. The first-order chi connectivity index (χ1) is 8.61. The van der Waals surface area contributed by atoms with Crippen LogP contribution in [-0.4, -0.2) is 11.8 Å². The van der Waals surface area contributed by atoms with Crippen LogP contribution in [0.15, 0.2) is 48.5 Å². The Balaban J connectivity index is 2.77. The summed E-state index contributed by atoms with van der Waals surface area (Å²) in [5.41, 5.74) is 12.5. The van der Waals surface area contributed by atoms with E-state index >= 15 is 0 Å². The summed E-state index contributed by atoms with van der Waals surface area (Å²) in [7, 11) is 0. The fourth-order valence-electron chi connectivity index (χ4n) is 1.88. The number of carbonyl (C=O) groups excluding carboxylic acids is 2. The van der Waals surface area contributed by atoms with Crippen molar-refractivity contribution in [1.82, 2.24) is 0 Å². The molecule has 0 saturated heterocycles. The van der Waals surface area contributed by atoms with Crippen LogP contribution in [0.1, 0.15) is 20.7 Å². The molecule has 0 fully saturated rings. The van der Waals surface area contributed by atoms with Gasteiger partial charge < -0.3 is 11.5 Å². The molecule has 0 heterocycles. The Hall–Kier alpha value is -2.62. The van der Waals surface area contributed by atoms with Gasteiger partial charge in [0.2, 0.25) is 11.8 Å². The summed E-state index contributed by atoms with van der Waals surface area (Å²) in [5, 5.41) is 0. The van der Waals surface area contributed by atoms with Crippen LogP contribution in [0.25, 0.3) is 11.1 Å². The zero-order valence-corrected chi connectivity index (χ0v) is 9.59. The highest BCUT2D eigenvalue weighted by Crippen LogP contribution is 2.27. The smallest absolute Gasteiger partial charge is 0.249 e. The van der Waals surface area contributed by atoms with Gasteiger partial charge in [0.15, 0.2) is 0 Å². The van der Waals surface area contributed by atoms with Crippen LogP contribution in [0, 0.1) is 0 Å². The largest absolute Gasteiger partial charge is 0.366 e. The highest BCUT2D eigenvalue weighted by atomic mass is 16.1. The average Bonchev–Trinajstić information content (AvgIpc) is 2.38. The average molecular weight is 240 g/mol. The molecular formula is C14H12N2O2. The standard InChI is InChI=1S/C14H12N2O2/c15-13(17)10-7-4-8-11(14(16)18)12(10)9-5-2-1-3-6-9/h1-8H,(H2,15,17)(H2,16,18). The molecule has 0 saturated carbocycles. The summed E-state index contributed by atoms with van der Waals surface area (Å²) >= 11 is 0. The van der Waals surface area contributed by atoms with Crippen molar-refractivity contribution in [2.75, 3.05) is 0 Å². The summed E-state index contributed by atoms with van der Waals surface area (Å²) in [4.78, 5) is 22.9. The van der Waals surface area contributed by atoms with Gasteiger partial charge in [-0.1, -0.05) is 36.4 Å². The number of hydrogen-bond donors (Lipinski definition) is 2. The van der Waals surface area contributed by atoms with Gasteiger partial charge in [-0.3, -0.25) is 9.59 Å². The molecule has 0 aliphatic carbocycles. The lowest BCUT2D eigenvalue weighted by Crippen LogP contribution is -2.18. The minimum absolute atomic E-state index is 0.289. The number of rotatable bonds is 3. The summed E-state index contributed by atoms with van der Waals surface area (Å²) in [6.07, 6.45) is 0. The molecule has 2 aromatic rings. The van der Waals surface area contributed by atoms with E-state index in [0.29, 0.717) is 5.56 Å². The van der Waals surface area contributed by atoms with Gasteiger partial charge in [0.25, 0.3) is 0 Å². The molecular weight excluding hydrogens is 228 g/mol. The zero-order chi connectivity index (χ0) is 13.1. The molecule has 0 aliphatic rings. The summed E-state index contributed by atoms with van der Waals surface area (Å²) in [6.45, 7) is 0. The first-order valence-corrected chi connectivity index (χ1v) is 5.39. The predicted octanol–water partition coefficient (Wildman–Crippen LogP) is 1.55. The van der Waals surface area contributed by atoms with Gasteiger partial charge >= 0.3 is 0 Å². The second-order valence-corrected chi connectivity index (χ2v) is 3.82. The van der Waals surface area contributed by atoms with E-state index in [2.05, 4.69) is 0 Å². The van der Waals surface area contributed by atoms with Crippen LogP contribution in [-0.2, 0) is 0 Å². The summed E-state index contributed by atoms with van der Waals surface area (Å²) < 4.78 is 0. The highest BCUT2D eigenvalue weighted by molar-refractivity contribution is 6.08.